The van der Waals surface area contributed by atoms with Crippen molar-refractivity contribution in [2.75, 3.05) is 107 Å². The number of ether oxygens (including phenoxy) is 9. The van der Waals surface area contributed by atoms with Crippen LogP contribution in [-0.4, -0.2) is 129 Å². The van der Waals surface area contributed by atoms with Crippen LogP contribution < -0.4 is 0 Å². The molecule has 2 heterocycles. The number of esters is 2. The highest BCUT2D eigenvalue weighted by Gasteiger charge is 2.13. The van der Waals surface area contributed by atoms with Crippen molar-refractivity contribution in [3.8, 4) is 11.4 Å². The average molecular weight is 623 g/mol. The second kappa shape index (κ2) is 25.3. The number of carbonyl (C=O) groups is 2. The maximum Gasteiger partial charge on any atom is 0.338 e. The fraction of sp³-hybridized carbons (Fsp3) is 0.613. The van der Waals surface area contributed by atoms with E-state index < -0.39 is 11.9 Å². The Morgan fingerprint density at radius 3 is 1.36 bits per heavy atom. The Hall–Kier alpha value is -3.04. The monoisotopic (exact) mass is 622 g/mol. The molecule has 13 nitrogen and oxygen atoms in total. The van der Waals surface area contributed by atoms with Crippen molar-refractivity contribution in [2.24, 2.45) is 0 Å². The molecule has 0 saturated heterocycles. The Labute approximate surface area is 259 Å². The van der Waals surface area contributed by atoms with E-state index in [0.717, 1.165) is 19.3 Å². The first-order valence-electron chi connectivity index (χ1n) is 14.8. The predicted molar refractivity (Wildman–Crippen MR) is 160 cm³/mol. The average Bonchev–Trinajstić information content (AvgIpc) is 3.05. The number of nitrogens with zero attached hydrogens (tertiary/aromatic N) is 2. The maximum atomic E-state index is 12.6. The van der Waals surface area contributed by atoms with Crippen LogP contribution in [0.15, 0.2) is 36.7 Å². The van der Waals surface area contributed by atoms with Crippen LogP contribution in [0.3, 0.4) is 0 Å². The highest BCUT2D eigenvalue weighted by atomic mass is 16.6. The predicted octanol–water partition coefficient (Wildman–Crippen LogP) is 3.00. The number of hydrogen-bond donors (Lipinski definition) is 0. The molecule has 0 fully saturated rings. The first kappa shape index (κ1) is 37.1. The van der Waals surface area contributed by atoms with Crippen molar-refractivity contribution in [3.63, 3.8) is 0 Å². The fourth-order valence-electron chi connectivity index (χ4n) is 3.55. The number of hydrogen-bond acceptors (Lipinski definition) is 13. The van der Waals surface area contributed by atoms with Crippen LogP contribution in [0, 0.1) is 0 Å². The SMILES string of the molecule is COCCOCCOCCCCCOC(=O)c1ccnc(-c2cc(C(=O)OCCOCCOCCOCCOC)ccn2)c1. The van der Waals surface area contributed by atoms with Gasteiger partial charge in [0.25, 0.3) is 0 Å². The van der Waals surface area contributed by atoms with Gasteiger partial charge in [-0.1, -0.05) is 0 Å². The van der Waals surface area contributed by atoms with Crippen LogP contribution in [0.4, 0.5) is 0 Å². The molecule has 246 valence electrons. The van der Waals surface area contributed by atoms with Gasteiger partial charge >= 0.3 is 11.9 Å². The largest absolute Gasteiger partial charge is 0.462 e. The van der Waals surface area contributed by atoms with Crippen LogP contribution in [-0.2, 0) is 42.6 Å². The normalized spacial score (nSPS) is 11.0. The third kappa shape index (κ3) is 17.3. The summed E-state index contributed by atoms with van der Waals surface area (Å²) in [6.45, 7) is 6.31. The van der Waals surface area contributed by atoms with Crippen LogP contribution in [0.25, 0.3) is 11.4 Å². The zero-order chi connectivity index (χ0) is 31.5. The van der Waals surface area contributed by atoms with Crippen molar-refractivity contribution in [2.45, 2.75) is 19.3 Å². The lowest BCUT2D eigenvalue weighted by Crippen LogP contribution is -2.14. The molecule has 0 spiro atoms. The molecule has 0 atom stereocenters. The number of rotatable bonds is 27. The highest BCUT2D eigenvalue weighted by molar-refractivity contribution is 5.92. The molecule has 0 N–H and O–H groups in total. The lowest BCUT2D eigenvalue weighted by molar-refractivity contribution is -0.00551. The molecule has 0 unspecified atom stereocenters. The summed E-state index contributed by atoms with van der Waals surface area (Å²) in [5, 5.41) is 0. The van der Waals surface area contributed by atoms with Gasteiger partial charge in [-0.05, 0) is 43.5 Å². The van der Waals surface area contributed by atoms with E-state index in [1.807, 2.05) is 0 Å². The van der Waals surface area contributed by atoms with E-state index in [1.165, 1.54) is 12.4 Å². The van der Waals surface area contributed by atoms with E-state index in [0.29, 0.717) is 102 Å². The summed E-state index contributed by atoms with van der Waals surface area (Å²) in [6.07, 6.45) is 5.47. The summed E-state index contributed by atoms with van der Waals surface area (Å²) >= 11 is 0. The molecular weight excluding hydrogens is 576 g/mol. The number of pyridine rings is 2. The molecule has 0 saturated carbocycles. The Balaban J connectivity index is 1.63. The molecule has 44 heavy (non-hydrogen) atoms. The minimum Gasteiger partial charge on any atom is -0.462 e. The standard InChI is InChI=1S/C31H46N2O11/c1-36-12-14-39-17-16-38-10-4-3-5-11-43-30(34)26-6-8-32-28(24-26)29-25-27(7-9-33-29)31(35)44-23-22-42-21-20-41-19-18-40-15-13-37-2/h6-9,24-25H,3-5,10-23H2,1-2H3. The van der Waals surface area contributed by atoms with Gasteiger partial charge in [-0.25, -0.2) is 9.59 Å². The Kier molecular flexibility index (Phi) is 21.4. The third-order valence-electron chi connectivity index (χ3n) is 5.86. The van der Waals surface area contributed by atoms with E-state index >= 15 is 0 Å². The van der Waals surface area contributed by atoms with Gasteiger partial charge in [0.05, 0.1) is 102 Å². The van der Waals surface area contributed by atoms with Crippen LogP contribution in [0.1, 0.15) is 40.0 Å². The van der Waals surface area contributed by atoms with Crippen LogP contribution in [0.5, 0.6) is 0 Å². The Morgan fingerprint density at radius 2 is 0.886 bits per heavy atom. The molecule has 0 amide bonds. The van der Waals surface area contributed by atoms with Crippen molar-refractivity contribution in [1.29, 1.82) is 0 Å². The van der Waals surface area contributed by atoms with Crippen LogP contribution in [0.2, 0.25) is 0 Å². The summed E-state index contributed by atoms with van der Waals surface area (Å²) in [5.41, 5.74) is 1.52. The van der Waals surface area contributed by atoms with Crippen molar-refractivity contribution >= 4 is 11.9 Å². The smallest absolute Gasteiger partial charge is 0.338 e. The summed E-state index contributed by atoms with van der Waals surface area (Å²) in [5.74, 6) is -0.965. The topological polar surface area (TPSA) is 143 Å². The highest BCUT2D eigenvalue weighted by Crippen LogP contribution is 2.18. The van der Waals surface area contributed by atoms with E-state index in [9.17, 15) is 9.59 Å². The molecule has 0 radical (unpaired) electrons. The van der Waals surface area contributed by atoms with Gasteiger partial charge in [0.2, 0.25) is 0 Å². The van der Waals surface area contributed by atoms with Gasteiger partial charge < -0.3 is 42.6 Å². The molecule has 2 aromatic rings. The number of unbranched alkanes of at least 4 members (excludes halogenated alkanes) is 2. The quantitative estimate of drug-likeness (QED) is 0.106. The van der Waals surface area contributed by atoms with Crippen molar-refractivity contribution < 1.29 is 52.2 Å². The van der Waals surface area contributed by atoms with Gasteiger partial charge in [0.1, 0.15) is 6.61 Å². The minimum absolute atomic E-state index is 0.0908. The Morgan fingerprint density at radius 1 is 0.500 bits per heavy atom. The molecule has 0 aliphatic rings. The number of carbonyl (C=O) groups excluding carboxylic acids is 2. The molecular formula is C31H46N2O11. The lowest BCUT2D eigenvalue weighted by Gasteiger charge is -2.09. The molecule has 0 aliphatic heterocycles. The van der Waals surface area contributed by atoms with Gasteiger partial charge in [0.15, 0.2) is 0 Å². The molecule has 0 aliphatic carbocycles. The van der Waals surface area contributed by atoms with Gasteiger partial charge in [-0.2, -0.15) is 0 Å². The third-order valence-corrected chi connectivity index (χ3v) is 5.86. The first-order chi connectivity index (χ1) is 21.7. The second-order valence-electron chi connectivity index (χ2n) is 9.24. The van der Waals surface area contributed by atoms with Crippen LogP contribution >= 0.6 is 0 Å². The fourth-order valence-corrected chi connectivity index (χ4v) is 3.55. The Bertz CT molecular complexity index is 960. The zero-order valence-corrected chi connectivity index (χ0v) is 25.9. The number of methoxy groups -OCH3 is 2. The summed E-state index contributed by atoms with van der Waals surface area (Å²) in [4.78, 5) is 33.7. The number of aromatic nitrogens is 2. The molecule has 13 heteroatoms. The first-order valence-corrected chi connectivity index (χ1v) is 14.8. The van der Waals surface area contributed by atoms with E-state index in [4.69, 9.17) is 42.6 Å². The molecule has 0 aromatic carbocycles. The van der Waals surface area contributed by atoms with E-state index in [-0.39, 0.29) is 13.2 Å². The molecule has 2 aromatic heterocycles. The summed E-state index contributed by atoms with van der Waals surface area (Å²) in [7, 11) is 3.25. The van der Waals surface area contributed by atoms with E-state index in [2.05, 4.69) is 9.97 Å². The van der Waals surface area contributed by atoms with Gasteiger partial charge in [0, 0.05) is 33.2 Å². The maximum absolute atomic E-state index is 12.6. The lowest BCUT2D eigenvalue weighted by atomic mass is 10.1. The summed E-state index contributed by atoms with van der Waals surface area (Å²) < 4.78 is 47.5. The second-order valence-corrected chi connectivity index (χ2v) is 9.24. The van der Waals surface area contributed by atoms with Gasteiger partial charge in [-0.3, -0.25) is 9.97 Å². The molecule has 0 bridgehead atoms. The van der Waals surface area contributed by atoms with Crippen molar-refractivity contribution in [1.82, 2.24) is 9.97 Å². The summed E-state index contributed by atoms with van der Waals surface area (Å²) in [6, 6.07) is 6.28. The van der Waals surface area contributed by atoms with E-state index in [1.54, 1.807) is 38.5 Å². The zero-order valence-electron chi connectivity index (χ0n) is 25.9. The minimum atomic E-state index is -0.516. The van der Waals surface area contributed by atoms with Crippen molar-refractivity contribution in [3.05, 3.63) is 47.8 Å². The molecule has 2 rings (SSSR count). The van der Waals surface area contributed by atoms with Gasteiger partial charge in [-0.15, -0.1) is 0 Å².